The fraction of sp³-hybridized carbons (Fsp3) is 0.240. The van der Waals surface area contributed by atoms with Gasteiger partial charge in [-0.15, -0.1) is 0 Å². The molecule has 1 atom stereocenters. The summed E-state index contributed by atoms with van der Waals surface area (Å²) in [6.07, 6.45) is 1.58. The minimum atomic E-state index is -0.546. The maximum Gasteiger partial charge on any atom is 0.338 e. The Morgan fingerprint density at radius 3 is 2.76 bits per heavy atom. The van der Waals surface area contributed by atoms with Crippen molar-refractivity contribution in [3.05, 3.63) is 64.3 Å². The van der Waals surface area contributed by atoms with E-state index in [-0.39, 0.29) is 23.7 Å². The van der Waals surface area contributed by atoms with Crippen molar-refractivity contribution >= 4 is 23.3 Å². The van der Waals surface area contributed by atoms with Crippen LogP contribution in [0.15, 0.2) is 36.5 Å². The number of anilines is 3. The van der Waals surface area contributed by atoms with Crippen molar-refractivity contribution < 1.29 is 14.6 Å². The predicted molar refractivity (Wildman–Crippen MR) is 126 cm³/mol. The number of hydrogen-bond donors (Lipinski definition) is 3. The number of esters is 1. The van der Waals surface area contributed by atoms with E-state index in [1.807, 2.05) is 19.1 Å². The Kier molecular flexibility index (Phi) is 5.89. The van der Waals surface area contributed by atoms with E-state index in [9.17, 15) is 20.4 Å². The largest absolute Gasteiger partial charge is 0.465 e. The molecule has 2 aromatic carbocycles. The monoisotopic (exact) mass is 454 g/mol. The Labute approximate surface area is 196 Å². The van der Waals surface area contributed by atoms with Crippen LogP contribution in [0.25, 0.3) is 11.3 Å². The summed E-state index contributed by atoms with van der Waals surface area (Å²) >= 11 is 0. The average molecular weight is 454 g/mol. The third-order valence-electron chi connectivity index (χ3n) is 6.05. The summed E-state index contributed by atoms with van der Waals surface area (Å²) in [6.45, 7) is 4.15. The highest BCUT2D eigenvalue weighted by Crippen LogP contribution is 2.41. The zero-order chi connectivity index (χ0) is 24.5. The van der Waals surface area contributed by atoms with Crippen molar-refractivity contribution in [1.82, 2.24) is 9.97 Å². The molecule has 1 aliphatic heterocycles. The lowest BCUT2D eigenvalue weighted by Crippen LogP contribution is -2.28. The van der Waals surface area contributed by atoms with Crippen LogP contribution in [0, 0.1) is 29.6 Å². The Morgan fingerprint density at radius 2 is 2.09 bits per heavy atom. The normalized spacial score (nSPS) is 16.1. The molecule has 3 N–H and O–H groups in total. The van der Waals surface area contributed by atoms with Crippen LogP contribution in [-0.2, 0) is 10.2 Å². The van der Waals surface area contributed by atoms with Crippen LogP contribution in [0.3, 0.4) is 0 Å². The van der Waals surface area contributed by atoms with Crippen molar-refractivity contribution in [2.24, 2.45) is 0 Å². The van der Waals surface area contributed by atoms with Crippen LogP contribution >= 0.6 is 0 Å². The molecule has 34 heavy (non-hydrogen) atoms. The van der Waals surface area contributed by atoms with Gasteiger partial charge in [-0.3, -0.25) is 0 Å². The molecule has 0 saturated carbocycles. The fourth-order valence-electron chi connectivity index (χ4n) is 4.00. The third kappa shape index (κ3) is 3.90. The molecule has 9 nitrogen and oxygen atoms in total. The molecule has 0 aliphatic carbocycles. The van der Waals surface area contributed by atoms with Crippen molar-refractivity contribution in [3.8, 4) is 23.4 Å². The molecule has 1 aromatic heterocycles. The highest BCUT2D eigenvalue weighted by Gasteiger charge is 2.36. The van der Waals surface area contributed by atoms with Crippen LogP contribution in [0.5, 0.6) is 0 Å². The summed E-state index contributed by atoms with van der Waals surface area (Å²) in [5, 5.41) is 35.3. The number of methoxy groups -OCH3 is 1. The molecule has 3 aromatic rings. The molecule has 2 heterocycles. The summed E-state index contributed by atoms with van der Waals surface area (Å²) in [6, 6.07) is 12.7. The van der Waals surface area contributed by atoms with E-state index < -0.39 is 11.4 Å². The summed E-state index contributed by atoms with van der Waals surface area (Å²) in [4.78, 5) is 21.0. The van der Waals surface area contributed by atoms with Gasteiger partial charge in [0, 0.05) is 29.4 Å². The number of nitriles is 2. The Bertz CT molecular complexity index is 1390. The Balaban J connectivity index is 1.76. The number of aliphatic hydroxyl groups excluding tert-OH is 1. The molecule has 1 unspecified atom stereocenters. The molecule has 0 fully saturated rings. The van der Waals surface area contributed by atoms with E-state index in [1.165, 1.54) is 13.2 Å². The SMILES string of the molecule is COC(=O)c1cc(C#N)cc(Nc2nccc(-c3cc(C#N)c4c(c3)C(C)(CO)CN4)n2)c1C. The van der Waals surface area contributed by atoms with Gasteiger partial charge in [0.15, 0.2) is 0 Å². The predicted octanol–water partition coefficient (Wildman–Crippen LogP) is 3.40. The van der Waals surface area contributed by atoms with Crippen LogP contribution < -0.4 is 10.6 Å². The number of nitrogens with one attached hydrogen (secondary N) is 2. The first-order valence-corrected chi connectivity index (χ1v) is 10.5. The molecule has 0 spiro atoms. The summed E-state index contributed by atoms with van der Waals surface area (Å²) in [7, 11) is 1.28. The minimum Gasteiger partial charge on any atom is -0.465 e. The quantitative estimate of drug-likeness (QED) is 0.494. The van der Waals surface area contributed by atoms with Crippen LogP contribution in [0.4, 0.5) is 17.3 Å². The number of nitrogens with zero attached hydrogens (tertiary/aromatic N) is 4. The number of aliphatic hydroxyl groups is 1. The van der Waals surface area contributed by atoms with E-state index in [0.717, 1.165) is 11.3 Å². The number of hydrogen-bond acceptors (Lipinski definition) is 9. The van der Waals surface area contributed by atoms with Crippen molar-refractivity contribution in [1.29, 1.82) is 10.5 Å². The summed E-state index contributed by atoms with van der Waals surface area (Å²) in [5.41, 5.74) is 4.49. The second-order valence-corrected chi connectivity index (χ2v) is 8.32. The second kappa shape index (κ2) is 8.81. The standard InChI is InChI=1S/C25H22N6O3/c1-14-18(23(33)34-3)6-15(10-26)7-21(14)31-24-28-5-4-20(30-24)16-8-17(11-27)22-19(9-16)25(2,13-32)12-29-22/h4-9,29,32H,12-13H2,1-3H3,(H,28,30,31). The number of carbonyl (C=O) groups excluding carboxylic acids is 1. The number of ether oxygens (including phenoxy) is 1. The van der Waals surface area contributed by atoms with E-state index in [1.54, 1.807) is 31.3 Å². The van der Waals surface area contributed by atoms with Crippen LogP contribution in [0.1, 0.15) is 39.5 Å². The van der Waals surface area contributed by atoms with Crippen molar-refractivity contribution in [2.45, 2.75) is 19.3 Å². The number of benzene rings is 2. The molecule has 170 valence electrons. The van der Waals surface area contributed by atoms with Crippen LogP contribution in [0.2, 0.25) is 0 Å². The minimum absolute atomic E-state index is 0.0606. The molecule has 0 bridgehead atoms. The Morgan fingerprint density at radius 1 is 1.29 bits per heavy atom. The average Bonchev–Trinajstić information content (AvgIpc) is 3.21. The molecule has 4 rings (SSSR count). The molecule has 0 amide bonds. The number of carbonyl (C=O) groups is 1. The van der Waals surface area contributed by atoms with Crippen molar-refractivity contribution in [2.75, 3.05) is 30.9 Å². The van der Waals surface area contributed by atoms with Crippen molar-refractivity contribution in [3.63, 3.8) is 0 Å². The van der Waals surface area contributed by atoms with E-state index in [0.29, 0.717) is 34.6 Å². The lowest BCUT2D eigenvalue weighted by Gasteiger charge is -2.21. The van der Waals surface area contributed by atoms with Gasteiger partial charge < -0.3 is 20.5 Å². The number of fused-ring (bicyclic) bond motifs is 1. The first-order chi connectivity index (χ1) is 16.3. The lowest BCUT2D eigenvalue weighted by molar-refractivity contribution is 0.0600. The van der Waals surface area contributed by atoms with Gasteiger partial charge in [-0.2, -0.15) is 10.5 Å². The number of rotatable bonds is 5. The van der Waals surface area contributed by atoms with Gasteiger partial charge in [0.2, 0.25) is 5.95 Å². The molecule has 1 aliphatic rings. The summed E-state index contributed by atoms with van der Waals surface area (Å²) < 4.78 is 4.83. The molecular formula is C25H22N6O3. The maximum absolute atomic E-state index is 12.1. The summed E-state index contributed by atoms with van der Waals surface area (Å²) in [5.74, 6) is -0.288. The van der Waals surface area contributed by atoms with Gasteiger partial charge in [0.25, 0.3) is 0 Å². The first-order valence-electron chi connectivity index (χ1n) is 10.5. The fourth-order valence-corrected chi connectivity index (χ4v) is 4.00. The van der Waals surface area contributed by atoms with Gasteiger partial charge in [-0.05, 0) is 48.4 Å². The third-order valence-corrected chi connectivity index (χ3v) is 6.05. The first kappa shape index (κ1) is 22.7. The molecule has 0 radical (unpaired) electrons. The van der Waals surface area contributed by atoms with Gasteiger partial charge in [-0.1, -0.05) is 6.92 Å². The molecular weight excluding hydrogens is 432 g/mol. The van der Waals surface area contributed by atoms with Crippen LogP contribution in [-0.4, -0.2) is 41.3 Å². The topological polar surface area (TPSA) is 144 Å². The highest BCUT2D eigenvalue weighted by molar-refractivity contribution is 5.93. The lowest BCUT2D eigenvalue weighted by atomic mass is 9.83. The molecule has 9 heteroatoms. The number of aromatic nitrogens is 2. The highest BCUT2D eigenvalue weighted by atomic mass is 16.5. The van der Waals surface area contributed by atoms with Gasteiger partial charge >= 0.3 is 5.97 Å². The zero-order valence-electron chi connectivity index (χ0n) is 18.9. The van der Waals surface area contributed by atoms with Gasteiger partial charge in [-0.25, -0.2) is 14.8 Å². The van der Waals surface area contributed by atoms with E-state index in [2.05, 4.69) is 26.7 Å². The smallest absolute Gasteiger partial charge is 0.338 e. The van der Waals surface area contributed by atoms with Gasteiger partial charge in [0.05, 0.1) is 47.9 Å². The van der Waals surface area contributed by atoms with Gasteiger partial charge in [0.1, 0.15) is 6.07 Å². The molecule has 0 saturated heterocycles. The second-order valence-electron chi connectivity index (χ2n) is 8.32. The van der Waals surface area contributed by atoms with E-state index in [4.69, 9.17) is 4.74 Å². The zero-order valence-corrected chi connectivity index (χ0v) is 18.9. The van der Waals surface area contributed by atoms with E-state index >= 15 is 0 Å². The maximum atomic E-state index is 12.1. The Hall–Kier alpha value is -4.47.